The Hall–Kier alpha value is -2.74. The summed E-state index contributed by atoms with van der Waals surface area (Å²) < 4.78 is 8.09. The molecule has 5 rings (SSSR count). The molecule has 7 nitrogen and oxygen atoms in total. The number of carbonyl (C=O) groups excluding carboxylic acids is 1. The molecule has 4 heterocycles. The van der Waals surface area contributed by atoms with Crippen molar-refractivity contribution in [3.05, 3.63) is 60.1 Å². The number of morpholine rings is 1. The molecule has 1 aromatic carbocycles. The van der Waals surface area contributed by atoms with Crippen LogP contribution in [0.25, 0.3) is 22.5 Å². The standard InChI is InChI=1S/C25H28ClN5O2/c1-29-14-15-33-25(17-29)8-12-30(13-9-25)22(32)16-31-18-28-23(19-2-4-21(26)5-3-19)24(31)20-6-10-27-11-7-20/h2-7,10-11,18H,8-9,12-17H2,1H3. The molecule has 0 saturated carbocycles. The monoisotopic (exact) mass is 465 g/mol. The molecule has 172 valence electrons. The molecule has 2 aliphatic heterocycles. The number of halogens is 1. The van der Waals surface area contributed by atoms with E-state index in [0.717, 1.165) is 68.1 Å². The molecule has 0 N–H and O–H groups in total. The van der Waals surface area contributed by atoms with Gasteiger partial charge in [-0.1, -0.05) is 23.7 Å². The molecule has 2 aromatic heterocycles. The van der Waals surface area contributed by atoms with Gasteiger partial charge in [0.25, 0.3) is 0 Å². The van der Waals surface area contributed by atoms with Gasteiger partial charge in [0.1, 0.15) is 6.54 Å². The van der Waals surface area contributed by atoms with Crippen LogP contribution in [-0.2, 0) is 16.1 Å². The predicted molar refractivity (Wildman–Crippen MR) is 128 cm³/mol. The van der Waals surface area contributed by atoms with Crippen LogP contribution in [0.5, 0.6) is 0 Å². The number of pyridine rings is 1. The molecule has 0 radical (unpaired) electrons. The zero-order chi connectivity index (χ0) is 22.8. The number of aromatic nitrogens is 3. The number of piperidine rings is 1. The third-order valence-electron chi connectivity index (χ3n) is 6.68. The van der Waals surface area contributed by atoms with Crippen LogP contribution in [0.15, 0.2) is 55.1 Å². The van der Waals surface area contributed by atoms with Crippen LogP contribution in [0, 0.1) is 0 Å². The van der Waals surface area contributed by atoms with Crippen molar-refractivity contribution in [1.82, 2.24) is 24.3 Å². The Morgan fingerprint density at radius 1 is 1.06 bits per heavy atom. The third-order valence-corrected chi connectivity index (χ3v) is 6.93. The number of rotatable bonds is 4. The molecule has 0 unspecified atom stereocenters. The van der Waals surface area contributed by atoms with Crippen LogP contribution in [0.4, 0.5) is 0 Å². The Kier molecular flexibility index (Phi) is 6.19. The number of likely N-dealkylation sites (N-methyl/N-ethyl adjacent to an activating group) is 1. The summed E-state index contributed by atoms with van der Waals surface area (Å²) in [5.41, 5.74) is 3.54. The number of ether oxygens (including phenoxy) is 1. The normalized spacial score (nSPS) is 18.5. The highest BCUT2D eigenvalue weighted by atomic mass is 35.5. The maximum absolute atomic E-state index is 13.3. The van der Waals surface area contributed by atoms with Crippen LogP contribution in [0.3, 0.4) is 0 Å². The Morgan fingerprint density at radius 2 is 1.79 bits per heavy atom. The second-order valence-corrected chi connectivity index (χ2v) is 9.40. The van der Waals surface area contributed by atoms with E-state index in [2.05, 4.69) is 21.9 Å². The van der Waals surface area contributed by atoms with Crippen molar-refractivity contribution in [2.45, 2.75) is 25.0 Å². The Morgan fingerprint density at radius 3 is 2.48 bits per heavy atom. The molecular formula is C25H28ClN5O2. The third kappa shape index (κ3) is 4.67. The molecule has 1 spiro atoms. The number of likely N-dealkylation sites (tertiary alicyclic amines) is 1. The number of benzene rings is 1. The molecule has 2 aliphatic rings. The maximum Gasteiger partial charge on any atom is 0.242 e. The molecule has 2 saturated heterocycles. The van der Waals surface area contributed by atoms with Gasteiger partial charge >= 0.3 is 0 Å². The molecule has 8 heteroatoms. The second-order valence-electron chi connectivity index (χ2n) is 8.96. The van der Waals surface area contributed by atoms with Crippen molar-refractivity contribution >= 4 is 17.5 Å². The topological polar surface area (TPSA) is 63.5 Å². The van der Waals surface area contributed by atoms with Gasteiger partial charge in [0.2, 0.25) is 5.91 Å². The lowest BCUT2D eigenvalue weighted by Crippen LogP contribution is -2.56. The minimum Gasteiger partial charge on any atom is -0.372 e. The van der Waals surface area contributed by atoms with Crippen molar-refractivity contribution in [3.63, 3.8) is 0 Å². The van der Waals surface area contributed by atoms with E-state index in [-0.39, 0.29) is 18.1 Å². The molecule has 0 bridgehead atoms. The van der Waals surface area contributed by atoms with Crippen LogP contribution in [0.2, 0.25) is 5.02 Å². The minimum atomic E-state index is -0.108. The van der Waals surface area contributed by atoms with Gasteiger partial charge in [-0.05, 0) is 44.2 Å². The lowest BCUT2D eigenvalue weighted by Gasteiger charge is -2.46. The molecule has 1 amide bonds. The molecule has 0 aliphatic carbocycles. The summed E-state index contributed by atoms with van der Waals surface area (Å²) in [5.74, 6) is 0.101. The minimum absolute atomic E-state index is 0.101. The summed E-state index contributed by atoms with van der Waals surface area (Å²) in [6, 6.07) is 11.5. The summed E-state index contributed by atoms with van der Waals surface area (Å²) in [5, 5.41) is 0.676. The second kappa shape index (κ2) is 9.25. The van der Waals surface area contributed by atoms with Gasteiger partial charge in [-0.25, -0.2) is 4.98 Å². The molecule has 3 aromatic rings. The Balaban J connectivity index is 1.36. The fourth-order valence-electron chi connectivity index (χ4n) is 4.88. The highest BCUT2D eigenvalue weighted by Crippen LogP contribution is 2.33. The first-order valence-corrected chi connectivity index (χ1v) is 11.7. The fraction of sp³-hybridized carbons (Fsp3) is 0.400. The molecule has 0 atom stereocenters. The van der Waals surface area contributed by atoms with E-state index in [1.54, 1.807) is 18.7 Å². The van der Waals surface area contributed by atoms with Gasteiger partial charge in [0, 0.05) is 54.7 Å². The summed E-state index contributed by atoms with van der Waals surface area (Å²) in [6.07, 6.45) is 7.01. The van der Waals surface area contributed by atoms with E-state index >= 15 is 0 Å². The van der Waals surface area contributed by atoms with Crippen molar-refractivity contribution in [1.29, 1.82) is 0 Å². The van der Waals surface area contributed by atoms with Crippen molar-refractivity contribution in [2.75, 3.05) is 39.8 Å². The number of nitrogens with zero attached hydrogens (tertiary/aromatic N) is 5. The van der Waals surface area contributed by atoms with E-state index in [9.17, 15) is 4.79 Å². The quantitative estimate of drug-likeness (QED) is 0.589. The first kappa shape index (κ1) is 22.1. The van der Waals surface area contributed by atoms with Gasteiger partial charge in [0.05, 0.1) is 29.9 Å². The van der Waals surface area contributed by atoms with E-state index in [0.29, 0.717) is 5.02 Å². The van der Waals surface area contributed by atoms with Gasteiger partial charge < -0.3 is 19.1 Å². The summed E-state index contributed by atoms with van der Waals surface area (Å²) in [6.45, 7) is 4.35. The van der Waals surface area contributed by atoms with Crippen molar-refractivity contribution in [3.8, 4) is 22.5 Å². The number of amides is 1. The average Bonchev–Trinajstić information content (AvgIpc) is 3.24. The van der Waals surface area contributed by atoms with Gasteiger partial charge in [0.15, 0.2) is 0 Å². The molecular weight excluding hydrogens is 438 g/mol. The number of hydrogen-bond donors (Lipinski definition) is 0. The smallest absolute Gasteiger partial charge is 0.242 e. The fourth-order valence-corrected chi connectivity index (χ4v) is 5.01. The van der Waals surface area contributed by atoms with Crippen LogP contribution in [0.1, 0.15) is 12.8 Å². The van der Waals surface area contributed by atoms with Crippen LogP contribution >= 0.6 is 11.6 Å². The molecule has 2 fully saturated rings. The van der Waals surface area contributed by atoms with Gasteiger partial charge in [-0.15, -0.1) is 0 Å². The van der Waals surface area contributed by atoms with E-state index in [1.165, 1.54) is 0 Å². The van der Waals surface area contributed by atoms with Crippen LogP contribution in [-0.4, -0.2) is 75.7 Å². The van der Waals surface area contributed by atoms with E-state index in [1.807, 2.05) is 45.9 Å². The van der Waals surface area contributed by atoms with E-state index < -0.39 is 0 Å². The first-order valence-electron chi connectivity index (χ1n) is 11.3. The lowest BCUT2D eigenvalue weighted by molar-refractivity contribution is -0.148. The van der Waals surface area contributed by atoms with Crippen molar-refractivity contribution < 1.29 is 9.53 Å². The summed E-state index contributed by atoms with van der Waals surface area (Å²) in [7, 11) is 2.14. The molecule has 33 heavy (non-hydrogen) atoms. The number of hydrogen-bond acceptors (Lipinski definition) is 5. The van der Waals surface area contributed by atoms with Gasteiger partial charge in [-0.2, -0.15) is 0 Å². The largest absolute Gasteiger partial charge is 0.372 e. The lowest BCUT2D eigenvalue weighted by atomic mass is 9.89. The number of imidazole rings is 1. The predicted octanol–water partition coefficient (Wildman–Crippen LogP) is 3.59. The maximum atomic E-state index is 13.3. The summed E-state index contributed by atoms with van der Waals surface area (Å²) in [4.78, 5) is 26.4. The van der Waals surface area contributed by atoms with Gasteiger partial charge in [-0.3, -0.25) is 9.78 Å². The zero-order valence-electron chi connectivity index (χ0n) is 18.8. The highest BCUT2D eigenvalue weighted by molar-refractivity contribution is 6.30. The Bertz CT molecular complexity index is 1110. The van der Waals surface area contributed by atoms with Crippen molar-refractivity contribution in [2.24, 2.45) is 0 Å². The van der Waals surface area contributed by atoms with Crippen LogP contribution < -0.4 is 0 Å². The summed E-state index contributed by atoms with van der Waals surface area (Å²) >= 11 is 6.08. The zero-order valence-corrected chi connectivity index (χ0v) is 19.5. The van der Waals surface area contributed by atoms with E-state index in [4.69, 9.17) is 16.3 Å². The SMILES string of the molecule is CN1CCOC2(CCN(C(=O)Cn3cnc(-c4ccc(Cl)cc4)c3-c3ccncc3)CC2)C1. The number of carbonyl (C=O) groups is 1. The Labute approximate surface area is 199 Å². The highest BCUT2D eigenvalue weighted by Gasteiger charge is 2.39. The average molecular weight is 466 g/mol. The first-order chi connectivity index (χ1) is 16.0.